The minimum absolute atomic E-state index is 0. The van der Waals surface area contributed by atoms with E-state index in [1.54, 1.807) is 0 Å². The van der Waals surface area contributed by atoms with Crippen LogP contribution in [0.5, 0.6) is 5.75 Å². The Morgan fingerprint density at radius 2 is 1.70 bits per heavy atom. The third-order valence-electron chi connectivity index (χ3n) is 4.38. The average Bonchev–Trinajstić information content (AvgIpc) is 3.10. The molecule has 0 aromatic heterocycles. The molecule has 2 aromatic carbocycles. The van der Waals surface area contributed by atoms with Gasteiger partial charge in [0.05, 0.1) is 0 Å². The van der Waals surface area contributed by atoms with Gasteiger partial charge in [0.2, 0.25) is 5.91 Å². The van der Waals surface area contributed by atoms with Crippen molar-refractivity contribution in [3.63, 3.8) is 0 Å². The standard InChI is InChI=1S/C20H21F3N4O2.HI/c21-20(22,23)29-17-9-7-16(8-10-17)26-19(24)25-11-3-6-18(28)27-12-14-4-1-2-5-15(14)13-27;/h1-2,4-5,7-10H,3,6,11-13H2,(H3,24,25,26);1H. The molecule has 0 saturated heterocycles. The Hall–Kier alpha value is -2.50. The zero-order chi connectivity index (χ0) is 20.9. The van der Waals surface area contributed by atoms with Crippen LogP contribution in [0.1, 0.15) is 24.0 Å². The normalized spacial score (nSPS) is 13.4. The fourth-order valence-corrected chi connectivity index (χ4v) is 3.02. The van der Waals surface area contributed by atoms with Crippen LogP contribution in [-0.4, -0.2) is 29.7 Å². The molecule has 3 N–H and O–H groups in total. The first kappa shape index (κ1) is 23.8. The molecule has 0 bridgehead atoms. The number of fused-ring (bicyclic) bond motifs is 1. The average molecular weight is 534 g/mol. The van der Waals surface area contributed by atoms with Gasteiger partial charge >= 0.3 is 6.36 Å². The van der Waals surface area contributed by atoms with Gasteiger partial charge in [-0.05, 0) is 41.8 Å². The van der Waals surface area contributed by atoms with E-state index in [0.29, 0.717) is 38.2 Å². The Bertz CT molecular complexity index is 863. The Morgan fingerprint density at radius 1 is 1.10 bits per heavy atom. The Balaban J connectivity index is 0.00000320. The van der Waals surface area contributed by atoms with E-state index in [2.05, 4.69) is 15.0 Å². The number of amides is 1. The number of benzene rings is 2. The molecule has 0 aliphatic carbocycles. The fourth-order valence-electron chi connectivity index (χ4n) is 3.02. The summed E-state index contributed by atoms with van der Waals surface area (Å²) in [6, 6.07) is 13.1. The number of ether oxygens (including phenoxy) is 1. The number of nitrogens with one attached hydrogen (secondary N) is 1. The molecular formula is C20H22F3IN4O2. The van der Waals surface area contributed by atoms with Crippen molar-refractivity contribution < 1.29 is 22.7 Å². The summed E-state index contributed by atoms with van der Waals surface area (Å²) in [5.41, 5.74) is 8.61. The van der Waals surface area contributed by atoms with Crippen LogP contribution in [0.2, 0.25) is 0 Å². The lowest BCUT2D eigenvalue weighted by atomic mass is 10.1. The highest BCUT2D eigenvalue weighted by molar-refractivity contribution is 14.0. The van der Waals surface area contributed by atoms with Crippen molar-refractivity contribution in [2.24, 2.45) is 10.7 Å². The molecule has 0 spiro atoms. The molecule has 1 aliphatic rings. The van der Waals surface area contributed by atoms with E-state index in [4.69, 9.17) is 5.73 Å². The van der Waals surface area contributed by atoms with Gasteiger partial charge in [0, 0.05) is 31.7 Å². The number of hydrogen-bond donors (Lipinski definition) is 2. The second kappa shape index (κ2) is 10.5. The van der Waals surface area contributed by atoms with Crippen molar-refractivity contribution in [2.75, 3.05) is 11.9 Å². The van der Waals surface area contributed by atoms with Crippen molar-refractivity contribution >= 4 is 41.5 Å². The topological polar surface area (TPSA) is 80.0 Å². The lowest BCUT2D eigenvalue weighted by Gasteiger charge is -2.15. The number of guanidine groups is 1. The van der Waals surface area contributed by atoms with Crippen LogP contribution in [0.15, 0.2) is 53.5 Å². The van der Waals surface area contributed by atoms with Crippen LogP contribution in [0.25, 0.3) is 0 Å². The monoisotopic (exact) mass is 534 g/mol. The third-order valence-corrected chi connectivity index (χ3v) is 4.38. The number of rotatable bonds is 6. The van der Waals surface area contributed by atoms with Crippen molar-refractivity contribution in [3.05, 3.63) is 59.7 Å². The molecule has 0 atom stereocenters. The second-order valence-electron chi connectivity index (χ2n) is 6.59. The molecule has 3 rings (SSSR count). The van der Waals surface area contributed by atoms with Gasteiger partial charge in [-0.3, -0.25) is 9.79 Å². The molecule has 10 heteroatoms. The first-order valence-electron chi connectivity index (χ1n) is 9.07. The minimum atomic E-state index is -4.73. The number of carbonyl (C=O) groups excluding carboxylic acids is 1. The summed E-state index contributed by atoms with van der Waals surface area (Å²) in [6.07, 6.45) is -3.81. The van der Waals surface area contributed by atoms with Crippen molar-refractivity contribution in [2.45, 2.75) is 32.3 Å². The van der Waals surface area contributed by atoms with Crippen LogP contribution < -0.4 is 15.8 Å². The summed E-state index contributed by atoms with van der Waals surface area (Å²) in [5, 5.41) is 2.78. The zero-order valence-electron chi connectivity index (χ0n) is 16.0. The summed E-state index contributed by atoms with van der Waals surface area (Å²) in [5.74, 6) is -0.125. The van der Waals surface area contributed by atoms with E-state index in [-0.39, 0.29) is 41.6 Å². The van der Waals surface area contributed by atoms with Crippen LogP contribution in [0.3, 0.4) is 0 Å². The number of aliphatic imine (C=N–C) groups is 1. The fraction of sp³-hybridized carbons (Fsp3) is 0.300. The SMILES string of the molecule is I.NC(=NCCCC(=O)N1Cc2ccccc2C1)Nc1ccc(OC(F)(F)F)cc1. The van der Waals surface area contributed by atoms with E-state index in [9.17, 15) is 18.0 Å². The van der Waals surface area contributed by atoms with Gasteiger partial charge in [-0.25, -0.2) is 0 Å². The van der Waals surface area contributed by atoms with E-state index < -0.39 is 6.36 Å². The smallest absolute Gasteiger partial charge is 0.406 e. The maximum Gasteiger partial charge on any atom is 0.573 e. The van der Waals surface area contributed by atoms with Crippen LogP contribution in [0, 0.1) is 0 Å². The third kappa shape index (κ3) is 7.08. The Morgan fingerprint density at radius 3 is 2.27 bits per heavy atom. The summed E-state index contributed by atoms with van der Waals surface area (Å²) in [7, 11) is 0. The Labute approximate surface area is 189 Å². The highest BCUT2D eigenvalue weighted by Gasteiger charge is 2.31. The van der Waals surface area contributed by atoms with Crippen LogP contribution in [-0.2, 0) is 17.9 Å². The molecule has 1 heterocycles. The lowest BCUT2D eigenvalue weighted by molar-refractivity contribution is -0.274. The molecule has 30 heavy (non-hydrogen) atoms. The van der Waals surface area contributed by atoms with Gasteiger partial charge in [0.1, 0.15) is 5.75 Å². The molecule has 0 radical (unpaired) electrons. The number of hydrogen-bond acceptors (Lipinski definition) is 3. The number of halogens is 4. The minimum Gasteiger partial charge on any atom is -0.406 e. The second-order valence-corrected chi connectivity index (χ2v) is 6.59. The van der Waals surface area contributed by atoms with Crippen molar-refractivity contribution in [1.29, 1.82) is 0 Å². The predicted molar refractivity (Wildman–Crippen MR) is 119 cm³/mol. The van der Waals surface area contributed by atoms with Crippen molar-refractivity contribution in [1.82, 2.24) is 4.90 Å². The number of alkyl halides is 3. The van der Waals surface area contributed by atoms with Gasteiger partial charge in [0.25, 0.3) is 0 Å². The molecule has 0 unspecified atom stereocenters. The van der Waals surface area contributed by atoms with Crippen LogP contribution >= 0.6 is 24.0 Å². The summed E-state index contributed by atoms with van der Waals surface area (Å²) in [4.78, 5) is 18.3. The number of nitrogens with two attached hydrogens (primary N) is 1. The highest BCUT2D eigenvalue weighted by atomic mass is 127. The quantitative estimate of drug-likeness (QED) is 0.252. The van der Waals surface area contributed by atoms with Crippen LogP contribution in [0.4, 0.5) is 18.9 Å². The molecule has 162 valence electrons. The lowest BCUT2D eigenvalue weighted by Crippen LogP contribution is -2.25. The van der Waals surface area contributed by atoms with Gasteiger partial charge in [-0.15, -0.1) is 37.1 Å². The molecule has 0 saturated carbocycles. The predicted octanol–water partition coefficient (Wildman–Crippen LogP) is 4.25. The maximum atomic E-state index is 12.3. The summed E-state index contributed by atoms with van der Waals surface area (Å²) >= 11 is 0. The summed E-state index contributed by atoms with van der Waals surface area (Å²) in [6.45, 7) is 1.63. The van der Waals surface area contributed by atoms with E-state index in [1.807, 2.05) is 29.2 Å². The van der Waals surface area contributed by atoms with Gasteiger partial charge in [0.15, 0.2) is 5.96 Å². The first-order valence-corrected chi connectivity index (χ1v) is 9.07. The molecule has 2 aromatic rings. The number of anilines is 1. The summed E-state index contributed by atoms with van der Waals surface area (Å²) < 4.78 is 40.2. The van der Waals surface area contributed by atoms with Gasteiger partial charge in [-0.1, -0.05) is 24.3 Å². The molecule has 1 aliphatic heterocycles. The molecule has 1 amide bonds. The zero-order valence-corrected chi connectivity index (χ0v) is 18.3. The van der Waals surface area contributed by atoms with Crippen molar-refractivity contribution in [3.8, 4) is 5.75 Å². The molecule has 6 nitrogen and oxygen atoms in total. The molecular weight excluding hydrogens is 512 g/mol. The number of carbonyl (C=O) groups is 1. The first-order chi connectivity index (χ1) is 13.8. The highest BCUT2D eigenvalue weighted by Crippen LogP contribution is 2.24. The largest absolute Gasteiger partial charge is 0.573 e. The molecule has 0 fully saturated rings. The number of nitrogens with zero attached hydrogens (tertiary/aromatic N) is 2. The van der Waals surface area contributed by atoms with E-state index in [1.165, 1.54) is 35.4 Å². The van der Waals surface area contributed by atoms with E-state index in [0.717, 1.165) is 0 Å². The van der Waals surface area contributed by atoms with E-state index >= 15 is 0 Å². The maximum absolute atomic E-state index is 12.3. The Kier molecular flexibility index (Phi) is 8.33. The van der Waals surface area contributed by atoms with Gasteiger partial charge < -0.3 is 20.7 Å². The van der Waals surface area contributed by atoms with Gasteiger partial charge in [-0.2, -0.15) is 0 Å².